The van der Waals surface area contributed by atoms with Crippen molar-refractivity contribution in [2.75, 3.05) is 18.5 Å². The van der Waals surface area contributed by atoms with E-state index in [9.17, 15) is 5.26 Å². The highest BCUT2D eigenvalue weighted by atomic mass is 15.1. The molecule has 0 aliphatic heterocycles. The van der Waals surface area contributed by atoms with Gasteiger partial charge in [0.2, 0.25) is 0 Å². The molecule has 0 radical (unpaired) electrons. The van der Waals surface area contributed by atoms with Crippen LogP contribution in [0.4, 0.5) is 5.69 Å². The second-order valence-corrected chi connectivity index (χ2v) is 6.05. The number of anilines is 1. The van der Waals surface area contributed by atoms with Crippen molar-refractivity contribution >= 4 is 5.69 Å². The van der Waals surface area contributed by atoms with Crippen LogP contribution in [0.25, 0.3) is 0 Å². The Labute approximate surface area is 122 Å². The monoisotopic (exact) mass is 271 g/mol. The quantitative estimate of drug-likeness (QED) is 0.828. The molecule has 0 bridgehead atoms. The van der Waals surface area contributed by atoms with Gasteiger partial charge >= 0.3 is 0 Å². The number of rotatable bonds is 7. The van der Waals surface area contributed by atoms with E-state index in [0.717, 1.165) is 19.4 Å². The minimum Gasteiger partial charge on any atom is -0.374 e. The lowest BCUT2D eigenvalue weighted by molar-refractivity contribution is 0.417. The molecule has 3 nitrogen and oxygen atoms in total. The van der Waals surface area contributed by atoms with Gasteiger partial charge in [0, 0.05) is 25.3 Å². The molecule has 2 rings (SSSR count). The first-order valence-electron chi connectivity index (χ1n) is 7.55. The number of hydrogen-bond donors (Lipinski definition) is 1. The van der Waals surface area contributed by atoms with Gasteiger partial charge in [-0.2, -0.15) is 5.26 Å². The van der Waals surface area contributed by atoms with Crippen molar-refractivity contribution in [2.24, 2.45) is 0 Å². The standard InChI is InChI=1S/C17H25N3/c1-4-14-5-9-16(10-6-14)20(3)12-11-17(2,13-18)19-15-7-8-15/h5-6,9-10,15,19H,4,7-8,11-12H2,1-3H3. The Morgan fingerprint density at radius 3 is 2.50 bits per heavy atom. The first-order valence-corrected chi connectivity index (χ1v) is 7.55. The molecule has 1 atom stereocenters. The molecule has 1 aromatic carbocycles. The maximum atomic E-state index is 9.38. The summed E-state index contributed by atoms with van der Waals surface area (Å²) in [4.78, 5) is 2.23. The van der Waals surface area contributed by atoms with Gasteiger partial charge in [0.25, 0.3) is 0 Å². The van der Waals surface area contributed by atoms with E-state index in [0.29, 0.717) is 6.04 Å². The van der Waals surface area contributed by atoms with Gasteiger partial charge in [-0.15, -0.1) is 0 Å². The number of nitrogens with zero attached hydrogens (tertiary/aromatic N) is 2. The van der Waals surface area contributed by atoms with E-state index < -0.39 is 5.54 Å². The first-order chi connectivity index (χ1) is 9.56. The number of nitrogens with one attached hydrogen (secondary N) is 1. The molecule has 1 aliphatic rings. The van der Waals surface area contributed by atoms with Crippen LogP contribution in [0.1, 0.15) is 38.7 Å². The molecule has 1 unspecified atom stereocenters. The summed E-state index contributed by atoms with van der Waals surface area (Å²) >= 11 is 0. The molecule has 1 aromatic rings. The van der Waals surface area contributed by atoms with Crippen LogP contribution >= 0.6 is 0 Å². The molecule has 108 valence electrons. The average Bonchev–Trinajstić information content (AvgIpc) is 3.28. The summed E-state index contributed by atoms with van der Waals surface area (Å²) in [5.41, 5.74) is 2.17. The lowest BCUT2D eigenvalue weighted by Crippen LogP contribution is -2.44. The number of nitriles is 1. The molecule has 1 N–H and O–H groups in total. The molecule has 0 heterocycles. The summed E-state index contributed by atoms with van der Waals surface area (Å²) in [6.45, 7) is 5.06. The second-order valence-electron chi connectivity index (χ2n) is 6.05. The van der Waals surface area contributed by atoms with Crippen molar-refractivity contribution in [3.63, 3.8) is 0 Å². The van der Waals surface area contributed by atoms with E-state index in [1.807, 2.05) is 6.92 Å². The van der Waals surface area contributed by atoms with Gasteiger partial charge < -0.3 is 4.90 Å². The predicted molar refractivity (Wildman–Crippen MR) is 83.9 cm³/mol. The number of benzene rings is 1. The van der Waals surface area contributed by atoms with Crippen LogP contribution in [0.5, 0.6) is 0 Å². The predicted octanol–water partition coefficient (Wildman–Crippen LogP) is 3.11. The normalized spacial score (nSPS) is 17.3. The minimum absolute atomic E-state index is 0.404. The van der Waals surface area contributed by atoms with E-state index in [1.165, 1.54) is 24.1 Å². The zero-order valence-electron chi connectivity index (χ0n) is 12.8. The molecule has 0 aromatic heterocycles. The van der Waals surface area contributed by atoms with Gasteiger partial charge in [0.05, 0.1) is 6.07 Å². The Hall–Kier alpha value is -1.53. The molecule has 0 saturated heterocycles. The molecule has 0 amide bonds. The lowest BCUT2D eigenvalue weighted by Gasteiger charge is -2.27. The van der Waals surface area contributed by atoms with Gasteiger partial charge in [-0.3, -0.25) is 5.32 Å². The van der Waals surface area contributed by atoms with Crippen LogP contribution in [0.2, 0.25) is 0 Å². The fourth-order valence-corrected chi connectivity index (χ4v) is 2.35. The SMILES string of the molecule is CCc1ccc(N(C)CCC(C)(C#N)NC2CC2)cc1. The lowest BCUT2D eigenvalue weighted by atomic mass is 9.99. The Morgan fingerprint density at radius 2 is 2.00 bits per heavy atom. The third-order valence-corrected chi connectivity index (χ3v) is 4.08. The smallest absolute Gasteiger partial charge is 0.105 e. The van der Waals surface area contributed by atoms with Crippen molar-refractivity contribution in [1.29, 1.82) is 5.26 Å². The van der Waals surface area contributed by atoms with Crippen molar-refractivity contribution in [3.8, 4) is 6.07 Å². The molecular weight excluding hydrogens is 246 g/mol. The fourth-order valence-electron chi connectivity index (χ4n) is 2.35. The topological polar surface area (TPSA) is 39.1 Å². The average molecular weight is 271 g/mol. The highest BCUT2D eigenvalue weighted by molar-refractivity contribution is 5.46. The van der Waals surface area contributed by atoms with Crippen LogP contribution in [-0.4, -0.2) is 25.2 Å². The van der Waals surface area contributed by atoms with Crippen LogP contribution in [0.15, 0.2) is 24.3 Å². The second kappa shape index (κ2) is 6.28. The van der Waals surface area contributed by atoms with Gasteiger partial charge in [0.15, 0.2) is 0 Å². The fraction of sp³-hybridized carbons (Fsp3) is 0.588. The molecule has 0 spiro atoms. The summed E-state index contributed by atoms with van der Waals surface area (Å²) in [7, 11) is 2.09. The maximum absolute atomic E-state index is 9.38. The maximum Gasteiger partial charge on any atom is 0.105 e. The molecule has 3 heteroatoms. The Morgan fingerprint density at radius 1 is 1.35 bits per heavy atom. The minimum atomic E-state index is -0.404. The van der Waals surface area contributed by atoms with Gasteiger partial charge in [-0.1, -0.05) is 19.1 Å². The summed E-state index contributed by atoms with van der Waals surface area (Å²) < 4.78 is 0. The Kier molecular flexibility index (Phi) is 4.67. The highest BCUT2D eigenvalue weighted by Gasteiger charge is 2.32. The van der Waals surface area contributed by atoms with Gasteiger partial charge in [0.1, 0.15) is 5.54 Å². The van der Waals surface area contributed by atoms with E-state index in [-0.39, 0.29) is 0 Å². The summed E-state index contributed by atoms with van der Waals surface area (Å²) in [6, 6.07) is 11.7. The highest BCUT2D eigenvalue weighted by Crippen LogP contribution is 2.24. The Balaban J connectivity index is 1.89. The zero-order valence-corrected chi connectivity index (χ0v) is 12.8. The van der Waals surface area contributed by atoms with Crippen LogP contribution in [0, 0.1) is 11.3 Å². The van der Waals surface area contributed by atoms with E-state index >= 15 is 0 Å². The third-order valence-electron chi connectivity index (χ3n) is 4.08. The summed E-state index contributed by atoms with van der Waals surface area (Å²) in [5.74, 6) is 0. The van der Waals surface area contributed by atoms with E-state index in [4.69, 9.17) is 0 Å². The first kappa shape index (κ1) is 14.9. The molecule has 1 aliphatic carbocycles. The van der Waals surface area contributed by atoms with Crippen molar-refractivity contribution in [2.45, 2.75) is 51.1 Å². The van der Waals surface area contributed by atoms with Gasteiger partial charge in [-0.25, -0.2) is 0 Å². The molecule has 1 saturated carbocycles. The number of hydrogen-bond acceptors (Lipinski definition) is 3. The number of aryl methyl sites for hydroxylation is 1. The van der Waals surface area contributed by atoms with Crippen LogP contribution in [-0.2, 0) is 6.42 Å². The molecular formula is C17H25N3. The Bertz CT molecular complexity index is 470. The van der Waals surface area contributed by atoms with E-state index in [2.05, 4.69) is 54.5 Å². The largest absolute Gasteiger partial charge is 0.374 e. The van der Waals surface area contributed by atoms with E-state index in [1.54, 1.807) is 0 Å². The summed E-state index contributed by atoms with van der Waals surface area (Å²) in [5, 5.41) is 12.8. The van der Waals surface area contributed by atoms with Crippen LogP contribution in [0.3, 0.4) is 0 Å². The van der Waals surface area contributed by atoms with Crippen LogP contribution < -0.4 is 10.2 Å². The van der Waals surface area contributed by atoms with Crippen molar-refractivity contribution in [3.05, 3.63) is 29.8 Å². The van der Waals surface area contributed by atoms with Crippen molar-refractivity contribution < 1.29 is 0 Å². The zero-order chi connectivity index (χ0) is 14.6. The van der Waals surface area contributed by atoms with Crippen molar-refractivity contribution in [1.82, 2.24) is 5.32 Å². The summed E-state index contributed by atoms with van der Waals surface area (Å²) in [6.07, 6.45) is 4.34. The third kappa shape index (κ3) is 3.98. The van der Waals surface area contributed by atoms with Gasteiger partial charge in [-0.05, 0) is 50.3 Å². The molecule has 1 fully saturated rings. The molecule has 20 heavy (non-hydrogen) atoms.